The molecule has 2 rings (SSSR count). The van der Waals surface area contributed by atoms with Crippen LogP contribution in [-0.4, -0.2) is 42.1 Å². The number of pyridine rings is 1. The number of rotatable bonds is 5. The van der Waals surface area contributed by atoms with Crippen LogP contribution in [0.5, 0.6) is 0 Å². The molecule has 0 aromatic carbocycles. The summed E-state index contributed by atoms with van der Waals surface area (Å²) in [4.78, 5) is 6.33. The molecule has 0 saturated carbocycles. The third-order valence-electron chi connectivity index (χ3n) is 3.57. The lowest BCUT2D eigenvalue weighted by atomic mass is 10.1. The van der Waals surface area contributed by atoms with E-state index < -0.39 is 11.6 Å². The van der Waals surface area contributed by atoms with E-state index in [0.29, 0.717) is 6.54 Å². The van der Waals surface area contributed by atoms with E-state index in [9.17, 15) is 8.78 Å². The van der Waals surface area contributed by atoms with Crippen LogP contribution in [0.25, 0.3) is 0 Å². The maximum atomic E-state index is 13.8. The van der Waals surface area contributed by atoms with E-state index in [1.807, 2.05) is 6.92 Å². The highest BCUT2D eigenvalue weighted by atomic mass is 19.1. The second-order valence-electron chi connectivity index (χ2n) is 5.06. The lowest BCUT2D eigenvalue weighted by Crippen LogP contribution is -2.42. The number of hydrogen-bond acceptors (Lipinski definition) is 4. The van der Waals surface area contributed by atoms with Gasteiger partial charge in [-0.15, -0.1) is 0 Å². The first-order valence-corrected chi connectivity index (χ1v) is 7.22. The minimum atomic E-state index is -0.659. The summed E-state index contributed by atoms with van der Waals surface area (Å²) >= 11 is 0. The molecule has 0 aliphatic carbocycles. The maximum absolute atomic E-state index is 13.8. The Bertz CT molecular complexity index is 453. The van der Waals surface area contributed by atoms with E-state index in [2.05, 4.69) is 27.4 Å². The quantitative estimate of drug-likeness (QED) is 0.872. The van der Waals surface area contributed by atoms with Gasteiger partial charge in [0.25, 0.3) is 0 Å². The predicted molar refractivity (Wildman–Crippen MR) is 77.1 cm³/mol. The zero-order chi connectivity index (χ0) is 14.5. The highest BCUT2D eigenvalue weighted by Gasteiger charge is 2.21. The number of nitrogens with one attached hydrogen (secondary N) is 2. The molecule has 1 fully saturated rings. The van der Waals surface area contributed by atoms with Crippen molar-refractivity contribution in [1.29, 1.82) is 0 Å². The van der Waals surface area contributed by atoms with Crippen molar-refractivity contribution in [2.45, 2.75) is 32.7 Å². The predicted octanol–water partition coefficient (Wildman–Crippen LogP) is 2.69. The van der Waals surface area contributed by atoms with Crippen molar-refractivity contribution >= 4 is 11.6 Å². The largest absolute Gasteiger partial charge is 0.368 e. The van der Waals surface area contributed by atoms with Gasteiger partial charge in [0.2, 0.25) is 0 Å². The highest BCUT2D eigenvalue weighted by Crippen LogP contribution is 2.21. The Morgan fingerprint density at radius 2 is 2.05 bits per heavy atom. The van der Waals surface area contributed by atoms with E-state index in [1.54, 1.807) is 0 Å². The van der Waals surface area contributed by atoms with E-state index in [0.717, 1.165) is 38.5 Å². The molecule has 1 atom stereocenters. The van der Waals surface area contributed by atoms with Crippen LogP contribution in [0, 0.1) is 11.6 Å². The number of hydrogen-bond donors (Lipinski definition) is 2. The average molecular weight is 284 g/mol. The fourth-order valence-corrected chi connectivity index (χ4v) is 2.51. The SMILES string of the molecule is CCNc1nc(NC2CCCN(CC)C2)c(F)cc1F. The van der Waals surface area contributed by atoms with E-state index in [4.69, 9.17) is 0 Å². The molecule has 20 heavy (non-hydrogen) atoms. The number of aromatic nitrogens is 1. The van der Waals surface area contributed by atoms with Gasteiger partial charge in [-0.05, 0) is 32.9 Å². The van der Waals surface area contributed by atoms with Crippen LogP contribution in [0.4, 0.5) is 20.4 Å². The van der Waals surface area contributed by atoms with Crippen LogP contribution in [0.2, 0.25) is 0 Å². The van der Waals surface area contributed by atoms with Crippen molar-refractivity contribution in [3.8, 4) is 0 Å². The zero-order valence-corrected chi connectivity index (χ0v) is 12.0. The third kappa shape index (κ3) is 3.56. The molecule has 0 amide bonds. The summed E-state index contributed by atoms with van der Waals surface area (Å²) in [6.45, 7) is 7.44. The number of piperidine rings is 1. The van der Waals surface area contributed by atoms with Crippen LogP contribution in [0.3, 0.4) is 0 Å². The summed E-state index contributed by atoms with van der Waals surface area (Å²) in [5, 5.41) is 5.90. The van der Waals surface area contributed by atoms with Gasteiger partial charge < -0.3 is 15.5 Å². The summed E-state index contributed by atoms with van der Waals surface area (Å²) in [6.07, 6.45) is 2.06. The topological polar surface area (TPSA) is 40.2 Å². The van der Waals surface area contributed by atoms with Crippen LogP contribution < -0.4 is 10.6 Å². The summed E-state index contributed by atoms with van der Waals surface area (Å²) in [6, 6.07) is 1.04. The van der Waals surface area contributed by atoms with E-state index in [-0.39, 0.29) is 17.7 Å². The maximum Gasteiger partial charge on any atom is 0.168 e. The second kappa shape index (κ2) is 6.83. The van der Waals surface area contributed by atoms with Crippen molar-refractivity contribution in [2.75, 3.05) is 36.8 Å². The molecular formula is C14H22F2N4. The first-order valence-electron chi connectivity index (χ1n) is 7.22. The first kappa shape index (κ1) is 15.0. The van der Waals surface area contributed by atoms with Crippen LogP contribution >= 0.6 is 0 Å². The van der Waals surface area contributed by atoms with Crippen molar-refractivity contribution in [3.05, 3.63) is 17.7 Å². The number of halogens is 2. The molecule has 1 aromatic rings. The molecule has 1 saturated heterocycles. The molecule has 0 bridgehead atoms. The Morgan fingerprint density at radius 1 is 1.30 bits per heavy atom. The van der Waals surface area contributed by atoms with Crippen molar-refractivity contribution < 1.29 is 8.78 Å². The number of nitrogens with zero attached hydrogens (tertiary/aromatic N) is 2. The molecular weight excluding hydrogens is 262 g/mol. The lowest BCUT2D eigenvalue weighted by molar-refractivity contribution is 0.226. The minimum Gasteiger partial charge on any atom is -0.368 e. The molecule has 4 nitrogen and oxygen atoms in total. The molecule has 1 aromatic heterocycles. The minimum absolute atomic E-state index is 0.0968. The standard InChI is InChI=1S/C14H22F2N4/c1-3-17-13-11(15)8-12(16)14(19-13)18-10-6-5-7-20(4-2)9-10/h8,10H,3-7,9H2,1-2H3,(H2,17,18,19). The van der Waals surface area contributed by atoms with Gasteiger partial charge in [-0.3, -0.25) is 0 Å². The molecule has 1 aliphatic heterocycles. The zero-order valence-electron chi connectivity index (χ0n) is 12.0. The molecule has 112 valence electrons. The molecule has 0 spiro atoms. The molecule has 2 heterocycles. The molecule has 2 N–H and O–H groups in total. The fraction of sp³-hybridized carbons (Fsp3) is 0.643. The Balaban J connectivity index is 2.10. The lowest BCUT2D eigenvalue weighted by Gasteiger charge is -2.32. The summed E-state index contributed by atoms with van der Waals surface area (Å²) in [7, 11) is 0. The van der Waals surface area contributed by atoms with Gasteiger partial charge in [-0.2, -0.15) is 0 Å². The molecule has 1 aliphatic rings. The van der Waals surface area contributed by atoms with Gasteiger partial charge >= 0.3 is 0 Å². The van der Waals surface area contributed by atoms with Crippen molar-refractivity contribution in [3.63, 3.8) is 0 Å². The summed E-state index contributed by atoms with van der Waals surface area (Å²) in [5.41, 5.74) is 0. The fourth-order valence-electron chi connectivity index (χ4n) is 2.51. The summed E-state index contributed by atoms with van der Waals surface area (Å²) in [5.74, 6) is -1.07. The smallest absolute Gasteiger partial charge is 0.168 e. The Kier molecular flexibility index (Phi) is 5.11. The Morgan fingerprint density at radius 3 is 2.75 bits per heavy atom. The van der Waals surface area contributed by atoms with Gasteiger partial charge in [0.15, 0.2) is 23.3 Å². The van der Waals surface area contributed by atoms with Crippen LogP contribution in [0.15, 0.2) is 6.07 Å². The van der Waals surface area contributed by atoms with E-state index in [1.165, 1.54) is 0 Å². The number of likely N-dealkylation sites (N-methyl/N-ethyl adjacent to an activating group) is 1. The van der Waals surface area contributed by atoms with Gasteiger partial charge in [-0.1, -0.05) is 6.92 Å². The van der Waals surface area contributed by atoms with Gasteiger partial charge in [0.05, 0.1) is 0 Å². The van der Waals surface area contributed by atoms with Gasteiger partial charge in [0, 0.05) is 25.2 Å². The van der Waals surface area contributed by atoms with Gasteiger partial charge in [0.1, 0.15) is 0 Å². The normalized spacial score (nSPS) is 19.9. The average Bonchev–Trinajstić information content (AvgIpc) is 2.44. The van der Waals surface area contributed by atoms with Crippen molar-refractivity contribution in [1.82, 2.24) is 9.88 Å². The highest BCUT2D eigenvalue weighted by molar-refractivity contribution is 5.48. The number of anilines is 2. The molecule has 1 unspecified atom stereocenters. The Hall–Kier alpha value is -1.43. The monoisotopic (exact) mass is 284 g/mol. The number of likely N-dealkylation sites (tertiary alicyclic amines) is 1. The third-order valence-corrected chi connectivity index (χ3v) is 3.57. The molecule has 0 radical (unpaired) electrons. The van der Waals surface area contributed by atoms with Crippen LogP contribution in [-0.2, 0) is 0 Å². The van der Waals surface area contributed by atoms with E-state index >= 15 is 0 Å². The summed E-state index contributed by atoms with van der Waals surface area (Å²) < 4.78 is 27.3. The molecule has 6 heteroatoms. The van der Waals surface area contributed by atoms with Gasteiger partial charge in [-0.25, -0.2) is 13.8 Å². The first-order chi connectivity index (χ1) is 9.63. The Labute approximate surface area is 118 Å². The van der Waals surface area contributed by atoms with Crippen molar-refractivity contribution in [2.24, 2.45) is 0 Å². The second-order valence-corrected chi connectivity index (χ2v) is 5.06. The van der Waals surface area contributed by atoms with Crippen LogP contribution in [0.1, 0.15) is 26.7 Å².